The summed E-state index contributed by atoms with van der Waals surface area (Å²) in [6, 6.07) is 3.53. The third kappa shape index (κ3) is 3.65. The summed E-state index contributed by atoms with van der Waals surface area (Å²) in [5.41, 5.74) is 2.71. The summed E-state index contributed by atoms with van der Waals surface area (Å²) in [5.74, 6) is 0.451. The Labute approximate surface area is 145 Å². The molecule has 0 aliphatic carbocycles. The molecule has 0 spiro atoms. The molecule has 0 bridgehead atoms. The van der Waals surface area contributed by atoms with Crippen molar-refractivity contribution in [3.8, 4) is 5.75 Å². The van der Waals surface area contributed by atoms with E-state index in [4.69, 9.17) is 4.74 Å². The highest BCUT2D eigenvalue weighted by Crippen LogP contribution is 2.45. The van der Waals surface area contributed by atoms with Crippen LogP contribution in [0.2, 0.25) is 0 Å². The molecule has 0 aromatic heterocycles. The van der Waals surface area contributed by atoms with Gasteiger partial charge in [0, 0.05) is 36.8 Å². The van der Waals surface area contributed by atoms with Crippen LogP contribution >= 0.6 is 0 Å². The molecule has 0 atom stereocenters. The minimum absolute atomic E-state index is 0.150. The first-order valence-corrected chi connectivity index (χ1v) is 8.88. The Morgan fingerprint density at radius 3 is 2.54 bits per heavy atom. The Morgan fingerprint density at radius 2 is 2.04 bits per heavy atom. The summed E-state index contributed by atoms with van der Waals surface area (Å²) in [5, 5.41) is 3.20. The van der Waals surface area contributed by atoms with Crippen LogP contribution in [0.15, 0.2) is 24.3 Å². The number of nitrogens with zero attached hydrogens (tertiary/aromatic N) is 1. The van der Waals surface area contributed by atoms with Gasteiger partial charge in [0.25, 0.3) is 0 Å². The lowest BCUT2D eigenvalue weighted by Gasteiger charge is -2.44. The van der Waals surface area contributed by atoms with Gasteiger partial charge in [0.05, 0.1) is 7.11 Å². The van der Waals surface area contributed by atoms with Gasteiger partial charge in [-0.05, 0) is 44.9 Å². The molecule has 1 fully saturated rings. The molecule has 1 aliphatic heterocycles. The number of hydrogen-bond donors (Lipinski definition) is 1. The molecule has 0 unspecified atom stereocenters. The molecule has 1 saturated heterocycles. The van der Waals surface area contributed by atoms with E-state index in [9.17, 15) is 0 Å². The molecule has 1 aromatic carbocycles. The van der Waals surface area contributed by atoms with Crippen molar-refractivity contribution in [2.45, 2.75) is 44.9 Å². The fourth-order valence-corrected chi connectivity index (χ4v) is 3.96. The predicted molar refractivity (Wildman–Crippen MR) is 98.2 cm³/mol. The maximum Gasteiger partial charge on any atom is 0.131 e. The van der Waals surface area contributed by atoms with Crippen molar-refractivity contribution in [1.29, 1.82) is 0 Å². The van der Waals surface area contributed by atoms with E-state index in [1.807, 2.05) is 20.0 Å². The lowest BCUT2D eigenvalue weighted by Crippen LogP contribution is -2.46. The molecule has 1 heterocycles. The van der Waals surface area contributed by atoms with Gasteiger partial charge in [-0.3, -0.25) is 4.90 Å². The van der Waals surface area contributed by atoms with Gasteiger partial charge in [-0.25, -0.2) is 4.39 Å². The van der Waals surface area contributed by atoms with Gasteiger partial charge < -0.3 is 10.1 Å². The third-order valence-electron chi connectivity index (χ3n) is 5.29. The molecule has 1 aromatic rings. The molecule has 0 amide bonds. The van der Waals surface area contributed by atoms with Crippen molar-refractivity contribution < 1.29 is 9.13 Å². The standard InChI is InChI=1S/C20H31FN2O/c1-6-7-16-12-17(24-5)13-18(21)19(16)20(15(2)3)8-10-23(11-9-20)14-22-4/h12-13,22H,2,6-11,14H2,1,3-5H3. The zero-order chi connectivity index (χ0) is 17.7. The largest absolute Gasteiger partial charge is 0.497 e. The van der Waals surface area contributed by atoms with Crippen molar-refractivity contribution in [2.75, 3.05) is 33.9 Å². The number of piperidine rings is 1. The molecule has 4 heteroatoms. The van der Waals surface area contributed by atoms with E-state index in [0.717, 1.165) is 62.1 Å². The fourth-order valence-electron chi connectivity index (χ4n) is 3.96. The number of methoxy groups -OCH3 is 1. The monoisotopic (exact) mass is 334 g/mol. The van der Waals surface area contributed by atoms with Crippen molar-refractivity contribution in [1.82, 2.24) is 10.2 Å². The zero-order valence-corrected chi connectivity index (χ0v) is 15.5. The van der Waals surface area contributed by atoms with E-state index in [1.54, 1.807) is 7.11 Å². The van der Waals surface area contributed by atoms with Gasteiger partial charge in [-0.2, -0.15) is 0 Å². The number of benzene rings is 1. The fraction of sp³-hybridized carbons (Fsp3) is 0.600. The van der Waals surface area contributed by atoms with Crippen LogP contribution < -0.4 is 10.1 Å². The molecule has 2 rings (SSSR count). The number of hydrogen-bond acceptors (Lipinski definition) is 3. The van der Waals surface area contributed by atoms with Gasteiger partial charge >= 0.3 is 0 Å². The first kappa shape index (κ1) is 18.9. The quantitative estimate of drug-likeness (QED) is 0.766. The van der Waals surface area contributed by atoms with E-state index in [2.05, 4.69) is 23.7 Å². The summed E-state index contributed by atoms with van der Waals surface area (Å²) < 4.78 is 20.4. The SMILES string of the molecule is C=C(C)C1(c2c(F)cc(OC)cc2CCC)CCN(CNC)CC1. The second-order valence-electron chi connectivity index (χ2n) is 6.89. The molecule has 1 aliphatic rings. The van der Waals surface area contributed by atoms with E-state index in [0.29, 0.717) is 5.75 Å². The summed E-state index contributed by atoms with van der Waals surface area (Å²) in [6.45, 7) is 11.2. The highest BCUT2D eigenvalue weighted by atomic mass is 19.1. The summed E-state index contributed by atoms with van der Waals surface area (Å²) in [6.07, 6.45) is 3.66. The van der Waals surface area contributed by atoms with Crippen LogP contribution in [-0.2, 0) is 11.8 Å². The number of aryl methyl sites for hydroxylation is 1. The molecule has 0 saturated carbocycles. The van der Waals surface area contributed by atoms with Crippen LogP contribution in [0.1, 0.15) is 44.2 Å². The van der Waals surface area contributed by atoms with E-state index in [1.165, 1.54) is 6.07 Å². The molecule has 1 N–H and O–H groups in total. The van der Waals surface area contributed by atoms with Gasteiger partial charge in [-0.15, -0.1) is 0 Å². The number of likely N-dealkylation sites (tertiary alicyclic amines) is 1. The Bertz CT molecular complexity index is 577. The van der Waals surface area contributed by atoms with Crippen LogP contribution in [0, 0.1) is 5.82 Å². The van der Waals surface area contributed by atoms with Gasteiger partial charge in [0.1, 0.15) is 11.6 Å². The molecule has 0 radical (unpaired) electrons. The van der Waals surface area contributed by atoms with Gasteiger partial charge in [-0.1, -0.05) is 25.5 Å². The summed E-state index contributed by atoms with van der Waals surface area (Å²) in [7, 11) is 3.55. The minimum atomic E-state index is -0.273. The predicted octanol–water partition coefficient (Wildman–Crippen LogP) is 3.87. The van der Waals surface area contributed by atoms with Gasteiger partial charge in [0.2, 0.25) is 0 Å². The molecule has 3 nitrogen and oxygen atoms in total. The topological polar surface area (TPSA) is 24.5 Å². The van der Waals surface area contributed by atoms with Crippen LogP contribution in [-0.4, -0.2) is 38.8 Å². The Morgan fingerprint density at radius 1 is 1.38 bits per heavy atom. The smallest absolute Gasteiger partial charge is 0.131 e. The highest BCUT2D eigenvalue weighted by molar-refractivity contribution is 5.46. The summed E-state index contributed by atoms with van der Waals surface area (Å²) >= 11 is 0. The molecule has 24 heavy (non-hydrogen) atoms. The second kappa shape index (κ2) is 8.13. The first-order chi connectivity index (χ1) is 11.5. The Balaban J connectivity index is 2.47. The van der Waals surface area contributed by atoms with Crippen LogP contribution in [0.5, 0.6) is 5.75 Å². The normalized spacial score (nSPS) is 17.7. The molecular formula is C20H31FN2O. The number of halogens is 1. The van der Waals surface area contributed by atoms with Gasteiger partial charge in [0.15, 0.2) is 0 Å². The lowest BCUT2D eigenvalue weighted by atomic mass is 9.66. The lowest BCUT2D eigenvalue weighted by molar-refractivity contribution is 0.167. The maximum atomic E-state index is 15.1. The number of nitrogens with one attached hydrogen (secondary N) is 1. The molecular weight excluding hydrogens is 303 g/mol. The molecule has 134 valence electrons. The van der Waals surface area contributed by atoms with E-state index < -0.39 is 0 Å². The first-order valence-electron chi connectivity index (χ1n) is 8.88. The third-order valence-corrected chi connectivity index (χ3v) is 5.29. The summed E-state index contributed by atoms with van der Waals surface area (Å²) in [4.78, 5) is 2.38. The highest BCUT2D eigenvalue weighted by Gasteiger charge is 2.40. The van der Waals surface area contributed by atoms with E-state index >= 15 is 4.39 Å². The van der Waals surface area contributed by atoms with Crippen molar-refractivity contribution in [2.24, 2.45) is 0 Å². The Hall–Kier alpha value is -1.39. The van der Waals surface area contributed by atoms with Crippen molar-refractivity contribution in [3.05, 3.63) is 41.2 Å². The van der Waals surface area contributed by atoms with Crippen LogP contribution in [0.4, 0.5) is 4.39 Å². The van der Waals surface area contributed by atoms with Crippen molar-refractivity contribution >= 4 is 0 Å². The zero-order valence-electron chi connectivity index (χ0n) is 15.5. The number of ether oxygens (including phenoxy) is 1. The van der Waals surface area contributed by atoms with Crippen molar-refractivity contribution in [3.63, 3.8) is 0 Å². The van der Waals surface area contributed by atoms with E-state index in [-0.39, 0.29) is 11.2 Å². The number of rotatable bonds is 7. The minimum Gasteiger partial charge on any atom is -0.497 e. The average Bonchev–Trinajstić information content (AvgIpc) is 2.56. The second-order valence-corrected chi connectivity index (χ2v) is 6.89. The van der Waals surface area contributed by atoms with Crippen LogP contribution in [0.3, 0.4) is 0 Å². The number of allylic oxidation sites excluding steroid dienone is 1. The maximum absolute atomic E-state index is 15.1. The average molecular weight is 334 g/mol. The Kier molecular flexibility index (Phi) is 6.41. The van der Waals surface area contributed by atoms with Crippen LogP contribution in [0.25, 0.3) is 0 Å².